The first-order valence-corrected chi connectivity index (χ1v) is 10.2. The Balaban J connectivity index is 1.74. The van der Waals surface area contributed by atoms with Crippen LogP contribution in [0.2, 0.25) is 5.02 Å². The Hall–Kier alpha value is -2.70. The Morgan fingerprint density at radius 2 is 1.69 bits per heavy atom. The van der Waals surface area contributed by atoms with Crippen molar-refractivity contribution in [3.63, 3.8) is 0 Å². The minimum absolute atomic E-state index is 0.420. The van der Waals surface area contributed by atoms with Crippen molar-refractivity contribution in [2.24, 2.45) is 0 Å². The Morgan fingerprint density at radius 1 is 0.931 bits per heavy atom. The van der Waals surface area contributed by atoms with Crippen LogP contribution in [0.15, 0.2) is 71.9 Å². The number of rotatable bonds is 5. The average molecular weight is 428 g/mol. The number of halogens is 3. The van der Waals surface area contributed by atoms with E-state index < -0.39 is 11.6 Å². The molecule has 0 saturated heterocycles. The topological polar surface area (TPSA) is 30.7 Å². The molecule has 146 valence electrons. The third-order valence-electron chi connectivity index (χ3n) is 4.39. The Kier molecular flexibility index (Phi) is 5.65. The summed E-state index contributed by atoms with van der Waals surface area (Å²) in [6.45, 7) is 2.02. The van der Waals surface area contributed by atoms with Crippen LogP contribution in [-0.2, 0) is 5.75 Å². The first kappa shape index (κ1) is 19.6. The van der Waals surface area contributed by atoms with Gasteiger partial charge in [-0.3, -0.25) is 4.57 Å². The molecule has 4 rings (SSSR count). The maximum atomic E-state index is 13.5. The Bertz CT molecular complexity index is 1160. The zero-order chi connectivity index (χ0) is 20.4. The molecule has 0 N–H and O–H groups in total. The van der Waals surface area contributed by atoms with Crippen molar-refractivity contribution in [1.29, 1.82) is 0 Å². The number of aryl methyl sites for hydroxylation is 1. The zero-order valence-corrected chi connectivity index (χ0v) is 17.0. The second-order valence-electron chi connectivity index (χ2n) is 6.49. The predicted octanol–water partition coefficient (Wildman–Crippen LogP) is 6.47. The highest BCUT2D eigenvalue weighted by Gasteiger charge is 2.18. The maximum Gasteiger partial charge on any atom is 0.196 e. The molecule has 0 saturated carbocycles. The number of benzene rings is 3. The molecule has 0 aliphatic carbocycles. The summed E-state index contributed by atoms with van der Waals surface area (Å²) in [5.41, 5.74) is 3.45. The molecule has 0 atom stereocenters. The van der Waals surface area contributed by atoms with Crippen molar-refractivity contribution in [3.05, 3.63) is 94.5 Å². The molecule has 0 fully saturated rings. The third-order valence-corrected chi connectivity index (χ3v) is 5.72. The largest absolute Gasteiger partial charge is 0.270 e. The highest BCUT2D eigenvalue weighted by Crippen LogP contribution is 2.33. The fourth-order valence-corrected chi connectivity index (χ4v) is 4.00. The molecule has 3 aromatic carbocycles. The van der Waals surface area contributed by atoms with Gasteiger partial charge in [0.15, 0.2) is 22.6 Å². The van der Waals surface area contributed by atoms with Gasteiger partial charge in [-0.05, 0) is 48.9 Å². The molecular weight excluding hydrogens is 412 g/mol. The van der Waals surface area contributed by atoms with E-state index in [9.17, 15) is 8.78 Å². The molecule has 0 unspecified atom stereocenters. The fourth-order valence-electron chi connectivity index (χ4n) is 2.88. The van der Waals surface area contributed by atoms with Crippen LogP contribution < -0.4 is 0 Å². The quantitative estimate of drug-likeness (QED) is 0.342. The summed E-state index contributed by atoms with van der Waals surface area (Å²) in [5, 5.41) is 9.91. The highest BCUT2D eigenvalue weighted by molar-refractivity contribution is 7.98. The van der Waals surface area contributed by atoms with Gasteiger partial charge in [0.2, 0.25) is 0 Å². The summed E-state index contributed by atoms with van der Waals surface area (Å²) in [6, 6.07) is 19.3. The first-order chi connectivity index (χ1) is 14.0. The smallest absolute Gasteiger partial charge is 0.196 e. The second-order valence-corrected chi connectivity index (χ2v) is 7.84. The van der Waals surface area contributed by atoms with Gasteiger partial charge >= 0.3 is 0 Å². The highest BCUT2D eigenvalue weighted by atomic mass is 35.5. The van der Waals surface area contributed by atoms with Crippen LogP contribution in [0.1, 0.15) is 11.1 Å². The number of thioether (sulfide) groups is 1. The van der Waals surface area contributed by atoms with E-state index in [0.29, 0.717) is 27.3 Å². The Morgan fingerprint density at radius 3 is 2.41 bits per heavy atom. The lowest BCUT2D eigenvalue weighted by molar-refractivity contribution is 0.507. The van der Waals surface area contributed by atoms with E-state index in [1.807, 2.05) is 54.0 Å². The molecule has 7 heteroatoms. The van der Waals surface area contributed by atoms with Gasteiger partial charge in [0.1, 0.15) is 0 Å². The molecular formula is C22H16ClF2N3S. The SMILES string of the molecule is Cc1ccc(-n2c(SCc3ccc(F)c(F)c3)nnc2-c2ccccc2Cl)cc1. The van der Waals surface area contributed by atoms with Crippen LogP contribution >= 0.6 is 23.4 Å². The van der Waals surface area contributed by atoms with E-state index in [2.05, 4.69) is 10.2 Å². The normalized spacial score (nSPS) is 11.0. The van der Waals surface area contributed by atoms with E-state index in [-0.39, 0.29) is 0 Å². The van der Waals surface area contributed by atoms with E-state index in [0.717, 1.165) is 22.9 Å². The van der Waals surface area contributed by atoms with E-state index in [1.54, 1.807) is 12.1 Å². The van der Waals surface area contributed by atoms with E-state index in [1.165, 1.54) is 17.8 Å². The summed E-state index contributed by atoms with van der Waals surface area (Å²) in [5.74, 6) is -0.682. The molecule has 0 amide bonds. The van der Waals surface area contributed by atoms with Crippen molar-refractivity contribution >= 4 is 23.4 Å². The van der Waals surface area contributed by atoms with Crippen LogP contribution in [0.25, 0.3) is 17.1 Å². The lowest BCUT2D eigenvalue weighted by Gasteiger charge is -2.11. The second kappa shape index (κ2) is 8.35. The van der Waals surface area contributed by atoms with Gasteiger partial charge in [0.05, 0.1) is 5.02 Å². The van der Waals surface area contributed by atoms with E-state index in [4.69, 9.17) is 11.6 Å². The minimum Gasteiger partial charge on any atom is -0.270 e. The fraction of sp³-hybridized carbons (Fsp3) is 0.0909. The number of hydrogen-bond donors (Lipinski definition) is 0. The average Bonchev–Trinajstić information content (AvgIpc) is 3.13. The summed E-state index contributed by atoms with van der Waals surface area (Å²) in [6.07, 6.45) is 0. The molecule has 3 nitrogen and oxygen atoms in total. The van der Waals surface area contributed by atoms with Crippen molar-refractivity contribution < 1.29 is 8.78 Å². The van der Waals surface area contributed by atoms with Crippen LogP contribution in [0.4, 0.5) is 8.78 Å². The van der Waals surface area contributed by atoms with Crippen LogP contribution in [0, 0.1) is 18.6 Å². The molecule has 0 aliphatic heterocycles. The Labute approximate surface area is 176 Å². The van der Waals surface area contributed by atoms with Gasteiger partial charge in [-0.1, -0.05) is 59.3 Å². The van der Waals surface area contributed by atoms with Gasteiger partial charge in [-0.25, -0.2) is 8.78 Å². The summed E-state index contributed by atoms with van der Waals surface area (Å²) in [7, 11) is 0. The summed E-state index contributed by atoms with van der Waals surface area (Å²) >= 11 is 7.79. The van der Waals surface area contributed by atoms with Gasteiger partial charge in [-0.15, -0.1) is 10.2 Å². The van der Waals surface area contributed by atoms with Gasteiger partial charge in [0.25, 0.3) is 0 Å². The monoisotopic (exact) mass is 427 g/mol. The van der Waals surface area contributed by atoms with Crippen molar-refractivity contribution in [2.45, 2.75) is 17.8 Å². The van der Waals surface area contributed by atoms with Crippen molar-refractivity contribution in [1.82, 2.24) is 14.8 Å². The van der Waals surface area contributed by atoms with Gasteiger partial charge < -0.3 is 0 Å². The minimum atomic E-state index is -0.861. The van der Waals surface area contributed by atoms with E-state index >= 15 is 0 Å². The molecule has 0 aliphatic rings. The van der Waals surface area contributed by atoms with Gasteiger partial charge in [0, 0.05) is 17.0 Å². The number of nitrogens with zero attached hydrogens (tertiary/aromatic N) is 3. The molecule has 1 heterocycles. The predicted molar refractivity (Wildman–Crippen MR) is 112 cm³/mol. The molecule has 1 aromatic heterocycles. The molecule has 0 radical (unpaired) electrons. The van der Waals surface area contributed by atoms with Crippen LogP contribution in [0.3, 0.4) is 0 Å². The molecule has 0 spiro atoms. The third kappa shape index (κ3) is 4.18. The van der Waals surface area contributed by atoms with Crippen molar-refractivity contribution in [3.8, 4) is 17.1 Å². The summed E-state index contributed by atoms with van der Waals surface area (Å²) in [4.78, 5) is 0. The number of hydrogen-bond acceptors (Lipinski definition) is 3. The molecule has 4 aromatic rings. The molecule has 0 bridgehead atoms. The standard InChI is InChI=1S/C22H16ClF2N3S/c1-14-6-9-16(10-7-14)28-21(17-4-2-3-5-18(17)23)26-27-22(28)29-13-15-8-11-19(24)20(25)12-15/h2-12H,13H2,1H3. The zero-order valence-electron chi connectivity index (χ0n) is 15.4. The maximum absolute atomic E-state index is 13.5. The first-order valence-electron chi connectivity index (χ1n) is 8.87. The lowest BCUT2D eigenvalue weighted by atomic mass is 10.2. The number of aromatic nitrogens is 3. The summed E-state index contributed by atoms with van der Waals surface area (Å²) < 4.78 is 28.6. The van der Waals surface area contributed by atoms with Crippen LogP contribution in [-0.4, -0.2) is 14.8 Å². The molecule has 29 heavy (non-hydrogen) atoms. The lowest BCUT2D eigenvalue weighted by Crippen LogP contribution is -2.00. The van der Waals surface area contributed by atoms with Gasteiger partial charge in [-0.2, -0.15) is 0 Å². The van der Waals surface area contributed by atoms with Crippen molar-refractivity contribution in [2.75, 3.05) is 0 Å². The van der Waals surface area contributed by atoms with Crippen LogP contribution in [0.5, 0.6) is 0 Å².